The van der Waals surface area contributed by atoms with E-state index < -0.39 is 0 Å². The van der Waals surface area contributed by atoms with Crippen LogP contribution in [0.15, 0.2) is 35.1 Å². The number of quaternary nitrogens is 1. The van der Waals surface area contributed by atoms with Crippen LogP contribution in [0.1, 0.15) is 48.1 Å². The Kier molecular flexibility index (Phi) is 4.44. The molecule has 0 saturated heterocycles. The SMILES string of the molecule is C[C@@H]1CCc2c(sc3nc([C@H](C)[NH2+]Cc4ccccc4)[nH]c(=O)c23)C1. The lowest BCUT2D eigenvalue weighted by atomic mass is 9.89. The number of benzene rings is 1. The van der Waals surface area contributed by atoms with Crippen molar-refractivity contribution in [3.05, 3.63) is 62.5 Å². The zero-order chi connectivity index (χ0) is 17.4. The van der Waals surface area contributed by atoms with Gasteiger partial charge in [0.2, 0.25) is 0 Å². The molecule has 0 fully saturated rings. The normalized spacial score (nSPS) is 18.2. The molecule has 4 nitrogen and oxygen atoms in total. The number of nitrogens with zero attached hydrogens (tertiary/aromatic N) is 1. The van der Waals surface area contributed by atoms with Crippen molar-refractivity contribution >= 4 is 21.6 Å². The minimum absolute atomic E-state index is 0.0343. The molecule has 2 atom stereocenters. The highest BCUT2D eigenvalue weighted by atomic mass is 32.1. The van der Waals surface area contributed by atoms with Crippen molar-refractivity contribution in [2.24, 2.45) is 5.92 Å². The van der Waals surface area contributed by atoms with Gasteiger partial charge in [-0.05, 0) is 37.7 Å². The van der Waals surface area contributed by atoms with Gasteiger partial charge >= 0.3 is 0 Å². The molecule has 1 aromatic carbocycles. The van der Waals surface area contributed by atoms with Crippen LogP contribution in [0, 0.1) is 5.92 Å². The Labute approximate surface area is 151 Å². The quantitative estimate of drug-likeness (QED) is 0.757. The first-order valence-electron chi connectivity index (χ1n) is 9.03. The summed E-state index contributed by atoms with van der Waals surface area (Å²) in [4.78, 5) is 22.8. The van der Waals surface area contributed by atoms with Crippen molar-refractivity contribution < 1.29 is 5.32 Å². The van der Waals surface area contributed by atoms with Gasteiger partial charge in [-0.25, -0.2) is 4.98 Å². The van der Waals surface area contributed by atoms with E-state index in [0.717, 1.165) is 35.4 Å². The second kappa shape index (κ2) is 6.73. The minimum atomic E-state index is 0.0343. The van der Waals surface area contributed by atoms with Crippen molar-refractivity contribution in [1.82, 2.24) is 9.97 Å². The van der Waals surface area contributed by atoms with E-state index in [1.807, 2.05) is 6.07 Å². The fraction of sp³-hybridized carbons (Fsp3) is 0.400. The Morgan fingerprint density at radius 2 is 2.16 bits per heavy atom. The number of hydrogen-bond donors (Lipinski definition) is 2. The molecule has 25 heavy (non-hydrogen) atoms. The van der Waals surface area contributed by atoms with Crippen molar-refractivity contribution in [2.75, 3.05) is 0 Å². The molecule has 0 aliphatic heterocycles. The van der Waals surface area contributed by atoms with Crippen molar-refractivity contribution in [2.45, 2.75) is 45.7 Å². The summed E-state index contributed by atoms with van der Waals surface area (Å²) in [6, 6.07) is 10.5. The molecule has 0 spiro atoms. The fourth-order valence-electron chi connectivity index (χ4n) is 3.62. The van der Waals surface area contributed by atoms with Gasteiger partial charge in [-0.1, -0.05) is 37.3 Å². The van der Waals surface area contributed by atoms with Crippen LogP contribution in [0.4, 0.5) is 0 Å². The van der Waals surface area contributed by atoms with E-state index in [1.165, 1.54) is 22.4 Å². The Bertz CT molecular complexity index is 945. The Morgan fingerprint density at radius 3 is 2.96 bits per heavy atom. The molecule has 0 radical (unpaired) electrons. The van der Waals surface area contributed by atoms with E-state index >= 15 is 0 Å². The van der Waals surface area contributed by atoms with Gasteiger partial charge in [0.05, 0.1) is 5.39 Å². The van der Waals surface area contributed by atoms with Crippen molar-refractivity contribution in [3.63, 3.8) is 0 Å². The van der Waals surface area contributed by atoms with Gasteiger partial charge in [-0.2, -0.15) is 0 Å². The number of fused-ring (bicyclic) bond motifs is 3. The molecule has 3 aromatic rings. The van der Waals surface area contributed by atoms with Crippen molar-refractivity contribution in [1.29, 1.82) is 0 Å². The minimum Gasteiger partial charge on any atom is -0.334 e. The zero-order valence-electron chi connectivity index (χ0n) is 14.7. The summed E-state index contributed by atoms with van der Waals surface area (Å²) < 4.78 is 0. The average Bonchev–Trinajstić information content (AvgIpc) is 2.98. The average molecular weight is 354 g/mol. The molecule has 0 amide bonds. The lowest BCUT2D eigenvalue weighted by Crippen LogP contribution is -2.83. The van der Waals surface area contributed by atoms with Crippen LogP contribution in [-0.4, -0.2) is 9.97 Å². The number of hydrogen-bond acceptors (Lipinski definition) is 3. The second-order valence-corrected chi connectivity index (χ2v) is 8.28. The third-order valence-corrected chi connectivity index (χ3v) is 6.31. The highest BCUT2D eigenvalue weighted by molar-refractivity contribution is 7.18. The summed E-state index contributed by atoms with van der Waals surface area (Å²) in [5, 5.41) is 3.06. The number of thiophene rings is 1. The third-order valence-electron chi connectivity index (χ3n) is 5.16. The molecule has 2 heterocycles. The number of H-pyrrole nitrogens is 1. The zero-order valence-corrected chi connectivity index (χ0v) is 15.5. The molecule has 0 bridgehead atoms. The van der Waals surface area contributed by atoms with Gasteiger partial charge in [-0.3, -0.25) is 4.79 Å². The standard InChI is InChI=1S/C20H23N3OS/c1-12-8-9-15-16(10-12)25-20-17(15)19(24)22-18(23-20)13(2)21-11-14-6-4-3-5-7-14/h3-7,12-13,21H,8-11H2,1-2H3,(H,22,23,24)/p+1/t12-,13+/m1/s1. The summed E-state index contributed by atoms with van der Waals surface area (Å²) in [7, 11) is 0. The van der Waals surface area contributed by atoms with Gasteiger partial charge in [0.1, 0.15) is 17.4 Å². The Hall–Kier alpha value is -1.98. The largest absolute Gasteiger partial charge is 0.334 e. The van der Waals surface area contributed by atoms with Crippen LogP contribution < -0.4 is 10.9 Å². The van der Waals surface area contributed by atoms with Crippen LogP contribution >= 0.6 is 11.3 Å². The van der Waals surface area contributed by atoms with Crippen LogP contribution in [0.25, 0.3) is 10.2 Å². The smallest absolute Gasteiger partial charge is 0.260 e. The van der Waals surface area contributed by atoms with Gasteiger partial charge < -0.3 is 10.3 Å². The van der Waals surface area contributed by atoms with Gasteiger partial charge in [-0.15, -0.1) is 11.3 Å². The number of aromatic nitrogens is 2. The fourth-order valence-corrected chi connectivity index (χ4v) is 5.01. The third kappa shape index (κ3) is 3.26. The topological polar surface area (TPSA) is 62.4 Å². The molecule has 2 aromatic heterocycles. The number of aryl methyl sites for hydroxylation is 1. The molecule has 0 unspecified atom stereocenters. The predicted molar refractivity (Wildman–Crippen MR) is 102 cm³/mol. The molecule has 3 N–H and O–H groups in total. The highest BCUT2D eigenvalue weighted by Gasteiger charge is 2.24. The van der Waals surface area contributed by atoms with Gasteiger partial charge in [0.25, 0.3) is 5.56 Å². The van der Waals surface area contributed by atoms with Gasteiger partial charge in [0, 0.05) is 10.4 Å². The number of rotatable bonds is 4. The maximum absolute atomic E-state index is 12.7. The first-order valence-corrected chi connectivity index (χ1v) is 9.85. The van der Waals surface area contributed by atoms with Crippen LogP contribution in [0.2, 0.25) is 0 Å². The van der Waals surface area contributed by atoms with Crippen LogP contribution in [-0.2, 0) is 19.4 Å². The van der Waals surface area contributed by atoms with E-state index in [1.54, 1.807) is 11.3 Å². The summed E-state index contributed by atoms with van der Waals surface area (Å²) in [5.41, 5.74) is 2.56. The van der Waals surface area contributed by atoms with E-state index in [0.29, 0.717) is 5.92 Å². The lowest BCUT2D eigenvalue weighted by Gasteiger charge is -2.17. The molecule has 1 aliphatic carbocycles. The maximum atomic E-state index is 12.7. The Morgan fingerprint density at radius 1 is 1.36 bits per heavy atom. The number of nitrogens with two attached hydrogens (primary N) is 1. The Balaban J connectivity index is 1.61. The molecule has 0 saturated carbocycles. The highest BCUT2D eigenvalue weighted by Crippen LogP contribution is 2.35. The van der Waals surface area contributed by atoms with Crippen LogP contribution in [0.3, 0.4) is 0 Å². The summed E-state index contributed by atoms with van der Waals surface area (Å²) in [5.74, 6) is 1.48. The van der Waals surface area contributed by atoms with E-state index in [-0.39, 0.29) is 11.6 Å². The van der Waals surface area contributed by atoms with E-state index in [4.69, 9.17) is 4.98 Å². The first-order chi connectivity index (χ1) is 12.1. The van der Waals surface area contributed by atoms with Crippen molar-refractivity contribution in [3.8, 4) is 0 Å². The number of nitrogens with one attached hydrogen (secondary N) is 1. The second-order valence-electron chi connectivity index (χ2n) is 7.20. The van der Waals surface area contributed by atoms with E-state index in [2.05, 4.69) is 48.4 Å². The molecular formula is C20H24N3OS+. The summed E-state index contributed by atoms with van der Waals surface area (Å²) >= 11 is 1.72. The summed E-state index contributed by atoms with van der Waals surface area (Å²) in [6.45, 7) is 5.27. The maximum Gasteiger partial charge on any atom is 0.260 e. The van der Waals surface area contributed by atoms with Gasteiger partial charge in [0.15, 0.2) is 5.82 Å². The molecule has 1 aliphatic rings. The molecule has 130 valence electrons. The molecular weight excluding hydrogens is 330 g/mol. The monoisotopic (exact) mass is 354 g/mol. The van der Waals surface area contributed by atoms with Crippen LogP contribution in [0.5, 0.6) is 0 Å². The molecule has 4 rings (SSSR count). The lowest BCUT2D eigenvalue weighted by molar-refractivity contribution is -0.709. The van der Waals surface area contributed by atoms with E-state index in [9.17, 15) is 4.79 Å². The number of aromatic amines is 1. The predicted octanol–water partition coefficient (Wildman–Crippen LogP) is 2.93. The first kappa shape index (κ1) is 16.5. The summed E-state index contributed by atoms with van der Waals surface area (Å²) in [6.07, 6.45) is 3.26. The molecule has 5 heteroatoms.